The van der Waals surface area contributed by atoms with E-state index in [0.29, 0.717) is 0 Å². The van der Waals surface area contributed by atoms with Crippen LogP contribution in [0, 0.1) is 0 Å². The monoisotopic (exact) mass is 390 g/mol. The smallest absolute Gasteiger partial charge is 0.0705 e. The van der Waals surface area contributed by atoms with Crippen molar-refractivity contribution in [1.29, 1.82) is 0 Å². The van der Waals surface area contributed by atoms with Gasteiger partial charge in [0, 0.05) is 4.88 Å². The maximum Gasteiger partial charge on any atom is 0.0705 e. The van der Waals surface area contributed by atoms with E-state index in [1.54, 1.807) is 11.3 Å². The van der Waals surface area contributed by atoms with Crippen LogP contribution in [-0.4, -0.2) is 0 Å². The summed E-state index contributed by atoms with van der Waals surface area (Å²) in [5.41, 5.74) is 6.25. The second-order valence-corrected chi connectivity index (χ2v) is 8.09. The van der Waals surface area contributed by atoms with E-state index in [1.807, 2.05) is 6.07 Å². The maximum absolute atomic E-state index is 3.53. The molecule has 1 heterocycles. The molecule has 4 aromatic rings. The second-order valence-electron chi connectivity index (χ2n) is 5.62. The number of hydrogen-bond donors (Lipinski definition) is 0. The predicted molar refractivity (Wildman–Crippen MR) is 108 cm³/mol. The van der Waals surface area contributed by atoms with Gasteiger partial charge in [0.1, 0.15) is 0 Å². The minimum absolute atomic E-state index is 1.16. The van der Waals surface area contributed by atoms with Gasteiger partial charge in [-0.2, -0.15) is 0 Å². The molecule has 0 saturated heterocycles. The fourth-order valence-electron chi connectivity index (χ4n) is 2.78. The number of halogens is 1. The molecule has 3 aromatic carbocycles. The van der Waals surface area contributed by atoms with Gasteiger partial charge in [0.05, 0.1) is 3.79 Å². The zero-order chi connectivity index (χ0) is 16.4. The van der Waals surface area contributed by atoms with Gasteiger partial charge in [-0.25, -0.2) is 0 Å². The molecule has 24 heavy (non-hydrogen) atoms. The molecule has 1 aromatic heterocycles. The Morgan fingerprint density at radius 3 is 1.38 bits per heavy atom. The van der Waals surface area contributed by atoms with Crippen molar-refractivity contribution in [3.05, 3.63) is 94.8 Å². The van der Waals surface area contributed by atoms with E-state index in [2.05, 4.69) is 101 Å². The van der Waals surface area contributed by atoms with Gasteiger partial charge in [0.25, 0.3) is 0 Å². The first-order valence-electron chi connectivity index (χ1n) is 7.81. The predicted octanol–water partition coefficient (Wildman–Crippen LogP) is 7.51. The van der Waals surface area contributed by atoms with Gasteiger partial charge < -0.3 is 0 Å². The molecular formula is C22H15BrS. The van der Waals surface area contributed by atoms with E-state index in [1.165, 1.54) is 32.7 Å². The lowest BCUT2D eigenvalue weighted by Crippen LogP contribution is -1.81. The highest BCUT2D eigenvalue weighted by atomic mass is 79.9. The maximum atomic E-state index is 3.53. The van der Waals surface area contributed by atoms with Gasteiger partial charge in [0.15, 0.2) is 0 Å². The highest BCUT2D eigenvalue weighted by Gasteiger charge is 2.03. The highest BCUT2D eigenvalue weighted by Crippen LogP contribution is 2.33. The Balaban J connectivity index is 1.60. The van der Waals surface area contributed by atoms with Crippen LogP contribution < -0.4 is 0 Å². The Morgan fingerprint density at radius 2 is 0.917 bits per heavy atom. The Bertz CT molecular complexity index is 935. The first kappa shape index (κ1) is 15.4. The summed E-state index contributed by atoms with van der Waals surface area (Å²) in [6.07, 6.45) is 0. The summed E-state index contributed by atoms with van der Waals surface area (Å²) < 4.78 is 1.16. The van der Waals surface area contributed by atoms with Crippen molar-refractivity contribution in [3.8, 4) is 32.7 Å². The molecule has 0 N–H and O–H groups in total. The third-order valence-electron chi connectivity index (χ3n) is 4.07. The summed E-state index contributed by atoms with van der Waals surface area (Å²) >= 11 is 5.28. The second kappa shape index (κ2) is 6.76. The zero-order valence-electron chi connectivity index (χ0n) is 12.9. The summed E-state index contributed by atoms with van der Waals surface area (Å²) in [5, 5.41) is 0. The molecule has 0 fully saturated rings. The molecule has 0 atom stereocenters. The van der Waals surface area contributed by atoms with Crippen LogP contribution >= 0.6 is 27.3 Å². The Labute approximate surface area is 154 Å². The highest BCUT2D eigenvalue weighted by molar-refractivity contribution is 9.11. The molecule has 0 unspecified atom stereocenters. The minimum Gasteiger partial charge on any atom is -0.128 e. The van der Waals surface area contributed by atoms with Crippen LogP contribution in [-0.2, 0) is 0 Å². The Morgan fingerprint density at radius 1 is 0.458 bits per heavy atom. The Kier molecular flexibility index (Phi) is 4.33. The summed E-state index contributed by atoms with van der Waals surface area (Å²) in [7, 11) is 0. The molecule has 0 amide bonds. The molecule has 0 aliphatic heterocycles. The van der Waals surface area contributed by atoms with E-state index in [4.69, 9.17) is 0 Å². The summed E-state index contributed by atoms with van der Waals surface area (Å²) in [6.45, 7) is 0. The van der Waals surface area contributed by atoms with Crippen LogP contribution in [0.15, 0.2) is 94.8 Å². The first-order chi connectivity index (χ1) is 11.8. The SMILES string of the molecule is Brc1ccc(-c2ccc(-c3ccc(-c4ccccc4)cc3)cc2)s1. The first-order valence-corrected chi connectivity index (χ1v) is 9.42. The van der Waals surface area contributed by atoms with Crippen LogP contribution in [0.5, 0.6) is 0 Å². The van der Waals surface area contributed by atoms with Gasteiger partial charge in [0.2, 0.25) is 0 Å². The number of thiophene rings is 1. The molecule has 0 aliphatic rings. The van der Waals surface area contributed by atoms with Crippen molar-refractivity contribution in [2.75, 3.05) is 0 Å². The largest absolute Gasteiger partial charge is 0.128 e. The fraction of sp³-hybridized carbons (Fsp3) is 0. The van der Waals surface area contributed by atoms with Crippen molar-refractivity contribution in [2.45, 2.75) is 0 Å². The van der Waals surface area contributed by atoms with Crippen LogP contribution in [0.1, 0.15) is 0 Å². The molecule has 0 bridgehead atoms. The van der Waals surface area contributed by atoms with Crippen LogP contribution in [0.4, 0.5) is 0 Å². The average molecular weight is 391 g/mol. The van der Waals surface area contributed by atoms with E-state index >= 15 is 0 Å². The third-order valence-corrected chi connectivity index (χ3v) is 5.74. The number of hydrogen-bond acceptors (Lipinski definition) is 1. The lowest BCUT2D eigenvalue weighted by molar-refractivity contribution is 1.59. The van der Waals surface area contributed by atoms with Crippen molar-refractivity contribution in [2.24, 2.45) is 0 Å². The van der Waals surface area contributed by atoms with Crippen molar-refractivity contribution in [3.63, 3.8) is 0 Å². The van der Waals surface area contributed by atoms with E-state index < -0.39 is 0 Å². The average Bonchev–Trinajstić information content (AvgIpc) is 3.09. The zero-order valence-corrected chi connectivity index (χ0v) is 15.3. The molecule has 0 radical (unpaired) electrons. The van der Waals surface area contributed by atoms with Crippen molar-refractivity contribution < 1.29 is 0 Å². The minimum atomic E-state index is 1.16. The molecule has 116 valence electrons. The number of benzene rings is 3. The summed E-state index contributed by atoms with van der Waals surface area (Å²) in [5.74, 6) is 0. The molecule has 0 saturated carbocycles. The standard InChI is InChI=1S/C22H15BrS/c23-22-15-14-21(24-22)20-12-10-19(11-13-20)18-8-6-17(7-9-18)16-4-2-1-3-5-16/h1-15H. The molecular weight excluding hydrogens is 376 g/mol. The van der Waals surface area contributed by atoms with Crippen molar-refractivity contribution in [1.82, 2.24) is 0 Å². The molecule has 0 nitrogen and oxygen atoms in total. The molecule has 0 aliphatic carbocycles. The summed E-state index contributed by atoms with van der Waals surface area (Å²) in [6, 6.07) is 32.3. The van der Waals surface area contributed by atoms with Gasteiger partial charge in [-0.05, 0) is 55.9 Å². The van der Waals surface area contributed by atoms with Crippen LogP contribution in [0.25, 0.3) is 32.7 Å². The van der Waals surface area contributed by atoms with E-state index in [0.717, 1.165) is 3.79 Å². The molecule has 0 spiro atoms. The summed E-state index contributed by atoms with van der Waals surface area (Å²) in [4.78, 5) is 1.29. The quantitative estimate of drug-likeness (QED) is 0.339. The third kappa shape index (κ3) is 3.21. The van der Waals surface area contributed by atoms with Gasteiger partial charge >= 0.3 is 0 Å². The van der Waals surface area contributed by atoms with E-state index in [-0.39, 0.29) is 0 Å². The van der Waals surface area contributed by atoms with Gasteiger partial charge in [-0.3, -0.25) is 0 Å². The molecule has 4 rings (SSSR count). The number of rotatable bonds is 3. The topological polar surface area (TPSA) is 0 Å². The normalized spacial score (nSPS) is 10.7. The Hall–Kier alpha value is -2.16. The lowest BCUT2D eigenvalue weighted by Gasteiger charge is -2.06. The fourth-order valence-corrected chi connectivity index (χ4v) is 4.17. The molecule has 2 heteroatoms. The lowest BCUT2D eigenvalue weighted by atomic mass is 9.99. The van der Waals surface area contributed by atoms with Crippen molar-refractivity contribution >= 4 is 27.3 Å². The van der Waals surface area contributed by atoms with Gasteiger partial charge in [-0.1, -0.05) is 78.9 Å². The van der Waals surface area contributed by atoms with Gasteiger partial charge in [-0.15, -0.1) is 11.3 Å². The van der Waals surface area contributed by atoms with Crippen LogP contribution in [0.3, 0.4) is 0 Å². The van der Waals surface area contributed by atoms with E-state index in [9.17, 15) is 0 Å². The van der Waals surface area contributed by atoms with Crippen LogP contribution in [0.2, 0.25) is 0 Å².